The molecule has 8 heteroatoms. The van der Waals surface area contributed by atoms with E-state index < -0.39 is 12.0 Å². The van der Waals surface area contributed by atoms with Gasteiger partial charge in [0.1, 0.15) is 0 Å². The maximum atomic E-state index is 11.8. The van der Waals surface area contributed by atoms with E-state index in [1.165, 1.54) is 0 Å². The first-order valence-corrected chi connectivity index (χ1v) is 7.06. The van der Waals surface area contributed by atoms with E-state index in [9.17, 15) is 4.79 Å². The van der Waals surface area contributed by atoms with E-state index in [4.69, 9.17) is 40.2 Å². The fraction of sp³-hybridized carbons (Fsp3) is 0.333. The van der Waals surface area contributed by atoms with Gasteiger partial charge in [0.15, 0.2) is 17.0 Å². The van der Waals surface area contributed by atoms with Crippen LogP contribution in [0.5, 0.6) is 5.75 Å². The van der Waals surface area contributed by atoms with Crippen LogP contribution in [0.2, 0.25) is 10.0 Å². The van der Waals surface area contributed by atoms with Crippen LogP contribution in [-0.4, -0.2) is 23.7 Å². The van der Waals surface area contributed by atoms with E-state index in [0.29, 0.717) is 21.7 Å². The zero-order chi connectivity index (χ0) is 15.1. The number of ether oxygens (including phenoxy) is 1. The summed E-state index contributed by atoms with van der Waals surface area (Å²) in [6, 6.07) is 4.95. The molecule has 0 heterocycles. The topological polar surface area (TPSA) is 62.4 Å². The molecule has 1 atom stereocenters. The van der Waals surface area contributed by atoms with Crippen LogP contribution in [0.4, 0.5) is 0 Å². The summed E-state index contributed by atoms with van der Waals surface area (Å²) in [5.74, 6) is -0.131. The molecule has 110 valence electrons. The van der Waals surface area contributed by atoms with Gasteiger partial charge in [0, 0.05) is 6.54 Å². The second kappa shape index (κ2) is 8.14. The molecule has 0 spiro atoms. The number of thiocarbonyl (C=S) groups is 1. The summed E-state index contributed by atoms with van der Waals surface area (Å²) in [6.07, 6.45) is -0.788. The molecule has 0 fully saturated rings. The zero-order valence-corrected chi connectivity index (χ0v) is 13.3. The number of nitrogens with one attached hydrogen (secondary N) is 3. The lowest BCUT2D eigenvalue weighted by atomic mass is 10.3. The molecule has 0 bridgehead atoms. The second-order valence-electron chi connectivity index (χ2n) is 3.78. The lowest BCUT2D eigenvalue weighted by molar-refractivity contribution is -0.127. The number of hydrogen-bond acceptors (Lipinski definition) is 3. The van der Waals surface area contributed by atoms with Crippen molar-refractivity contribution in [3.63, 3.8) is 0 Å². The Labute approximate surface area is 132 Å². The molecular formula is C12H15Cl2N3O2S. The third kappa shape index (κ3) is 5.03. The van der Waals surface area contributed by atoms with Crippen molar-refractivity contribution in [2.45, 2.75) is 20.0 Å². The molecule has 0 aliphatic carbocycles. The minimum Gasteiger partial charge on any atom is -0.478 e. The molecule has 0 saturated heterocycles. The number of halogens is 2. The van der Waals surface area contributed by atoms with E-state index in [1.807, 2.05) is 6.92 Å². The standard InChI is InChI=1S/C12H15Cl2N3O2S/c1-3-15-12(20)17-16-11(18)7(2)19-10-8(13)5-4-6-9(10)14/h4-7H,3H2,1-2H3,(H,16,18)(H2,15,17,20)/t7-/m0/s1. The Balaban J connectivity index is 2.56. The van der Waals surface area contributed by atoms with Crippen molar-refractivity contribution in [2.24, 2.45) is 0 Å². The van der Waals surface area contributed by atoms with Gasteiger partial charge in [-0.2, -0.15) is 0 Å². The number of carbonyl (C=O) groups excluding carboxylic acids is 1. The number of hydrazine groups is 1. The van der Waals surface area contributed by atoms with Crippen LogP contribution in [0.25, 0.3) is 0 Å². The molecule has 0 unspecified atom stereocenters. The Hall–Kier alpha value is -1.24. The smallest absolute Gasteiger partial charge is 0.279 e. The van der Waals surface area contributed by atoms with Crippen molar-refractivity contribution >= 4 is 46.4 Å². The van der Waals surface area contributed by atoms with Crippen LogP contribution in [-0.2, 0) is 4.79 Å². The molecular weight excluding hydrogens is 321 g/mol. The van der Waals surface area contributed by atoms with Crippen molar-refractivity contribution in [1.82, 2.24) is 16.2 Å². The first kappa shape index (κ1) is 16.8. The largest absolute Gasteiger partial charge is 0.478 e. The maximum Gasteiger partial charge on any atom is 0.279 e. The van der Waals surface area contributed by atoms with Gasteiger partial charge in [-0.05, 0) is 38.2 Å². The van der Waals surface area contributed by atoms with Crippen molar-refractivity contribution in [2.75, 3.05) is 6.54 Å². The van der Waals surface area contributed by atoms with E-state index in [-0.39, 0.29) is 5.75 Å². The Bertz CT molecular complexity index is 479. The van der Waals surface area contributed by atoms with Gasteiger partial charge >= 0.3 is 0 Å². The summed E-state index contributed by atoms with van der Waals surface area (Å²) < 4.78 is 5.45. The van der Waals surface area contributed by atoms with Gasteiger partial charge in [-0.15, -0.1) is 0 Å². The van der Waals surface area contributed by atoms with Crippen LogP contribution in [0.1, 0.15) is 13.8 Å². The van der Waals surface area contributed by atoms with E-state index in [0.717, 1.165) is 0 Å². The molecule has 20 heavy (non-hydrogen) atoms. The Kier molecular flexibility index (Phi) is 6.84. The molecule has 5 nitrogen and oxygen atoms in total. The number of carbonyl (C=O) groups is 1. The summed E-state index contributed by atoms with van der Waals surface area (Å²) >= 11 is 16.8. The quantitative estimate of drug-likeness (QED) is 0.582. The highest BCUT2D eigenvalue weighted by atomic mass is 35.5. The van der Waals surface area contributed by atoms with Gasteiger partial charge in [0.2, 0.25) is 0 Å². The van der Waals surface area contributed by atoms with Crippen molar-refractivity contribution in [1.29, 1.82) is 0 Å². The van der Waals surface area contributed by atoms with Gasteiger partial charge in [-0.25, -0.2) is 0 Å². The second-order valence-corrected chi connectivity index (χ2v) is 5.01. The third-order valence-electron chi connectivity index (χ3n) is 2.22. The zero-order valence-electron chi connectivity index (χ0n) is 11.0. The minimum atomic E-state index is -0.788. The van der Waals surface area contributed by atoms with E-state index in [1.54, 1.807) is 25.1 Å². The number of para-hydroxylation sites is 1. The van der Waals surface area contributed by atoms with Gasteiger partial charge in [0.05, 0.1) is 10.0 Å². The normalized spacial score (nSPS) is 11.4. The maximum absolute atomic E-state index is 11.8. The van der Waals surface area contributed by atoms with Crippen LogP contribution in [0.15, 0.2) is 18.2 Å². The van der Waals surface area contributed by atoms with E-state index >= 15 is 0 Å². The average molecular weight is 336 g/mol. The molecule has 0 aliphatic rings. The fourth-order valence-electron chi connectivity index (χ4n) is 1.25. The number of benzene rings is 1. The number of hydrogen-bond donors (Lipinski definition) is 3. The molecule has 1 amide bonds. The summed E-state index contributed by atoms with van der Waals surface area (Å²) in [7, 11) is 0. The van der Waals surface area contributed by atoms with Crippen molar-refractivity contribution < 1.29 is 9.53 Å². The highest BCUT2D eigenvalue weighted by Crippen LogP contribution is 2.32. The molecule has 0 radical (unpaired) electrons. The fourth-order valence-corrected chi connectivity index (χ4v) is 1.93. The van der Waals surface area contributed by atoms with Crippen LogP contribution < -0.4 is 20.9 Å². The lowest BCUT2D eigenvalue weighted by Crippen LogP contribution is -2.50. The van der Waals surface area contributed by atoms with Crippen molar-refractivity contribution in [3.8, 4) is 5.75 Å². The molecule has 0 aromatic heterocycles. The predicted octanol–water partition coefficient (Wildman–Crippen LogP) is 2.28. The van der Waals surface area contributed by atoms with Gasteiger partial charge < -0.3 is 10.1 Å². The predicted molar refractivity (Wildman–Crippen MR) is 84.1 cm³/mol. The Morgan fingerprint density at radius 2 is 1.95 bits per heavy atom. The Morgan fingerprint density at radius 3 is 2.50 bits per heavy atom. The van der Waals surface area contributed by atoms with Crippen molar-refractivity contribution in [3.05, 3.63) is 28.2 Å². The molecule has 1 aromatic rings. The minimum absolute atomic E-state index is 0.271. The molecule has 0 aliphatic heterocycles. The first-order valence-electron chi connectivity index (χ1n) is 5.90. The highest BCUT2D eigenvalue weighted by Gasteiger charge is 2.17. The van der Waals surface area contributed by atoms with Crippen LogP contribution >= 0.6 is 35.4 Å². The van der Waals surface area contributed by atoms with Gasteiger partial charge in [0.25, 0.3) is 5.91 Å². The lowest BCUT2D eigenvalue weighted by Gasteiger charge is -2.17. The molecule has 1 rings (SSSR count). The first-order chi connectivity index (χ1) is 9.45. The number of rotatable bonds is 4. The van der Waals surface area contributed by atoms with Gasteiger partial charge in [-0.1, -0.05) is 29.3 Å². The monoisotopic (exact) mass is 335 g/mol. The average Bonchev–Trinajstić information content (AvgIpc) is 2.40. The number of amides is 1. The van der Waals surface area contributed by atoms with Gasteiger partial charge in [-0.3, -0.25) is 15.6 Å². The SMILES string of the molecule is CCNC(=S)NNC(=O)[C@H](C)Oc1c(Cl)cccc1Cl. The summed E-state index contributed by atoms with van der Waals surface area (Å²) in [4.78, 5) is 11.8. The summed E-state index contributed by atoms with van der Waals surface area (Å²) in [5.41, 5.74) is 4.98. The summed E-state index contributed by atoms with van der Waals surface area (Å²) in [6.45, 7) is 4.12. The molecule has 3 N–H and O–H groups in total. The molecule has 0 saturated carbocycles. The third-order valence-corrected chi connectivity index (χ3v) is 3.06. The highest BCUT2D eigenvalue weighted by molar-refractivity contribution is 7.80. The van der Waals surface area contributed by atoms with Crippen LogP contribution in [0, 0.1) is 0 Å². The molecule has 1 aromatic carbocycles. The summed E-state index contributed by atoms with van der Waals surface area (Å²) in [5, 5.41) is 3.84. The Morgan fingerprint density at radius 1 is 1.35 bits per heavy atom. The van der Waals surface area contributed by atoms with E-state index in [2.05, 4.69) is 16.2 Å². The van der Waals surface area contributed by atoms with Crippen LogP contribution in [0.3, 0.4) is 0 Å².